The molecule has 1 N–H and O–H groups in total. The number of carbonyl (C=O) groups excluding carboxylic acids is 1. The average molecular weight is 261 g/mol. The molecule has 1 heterocycles. The quantitative estimate of drug-likeness (QED) is 0.918. The molecule has 0 fully saturated rings. The molecule has 19 heavy (non-hydrogen) atoms. The van der Waals surface area contributed by atoms with Crippen LogP contribution in [0.25, 0.3) is 5.69 Å². The van der Waals surface area contributed by atoms with Gasteiger partial charge in [-0.2, -0.15) is 0 Å². The number of hydrogen-bond acceptors (Lipinski definition) is 2. The highest BCUT2D eigenvalue weighted by atomic mass is 19.1. The fraction of sp³-hybridized carbons (Fsp3) is 0.286. The number of carbonyl (C=O) groups is 1. The van der Waals surface area contributed by atoms with Gasteiger partial charge >= 0.3 is 0 Å². The van der Waals surface area contributed by atoms with Gasteiger partial charge in [-0.15, -0.1) is 0 Å². The number of halogens is 1. The molecule has 4 nitrogen and oxygen atoms in total. The lowest BCUT2D eigenvalue weighted by Crippen LogP contribution is -2.27. The number of aromatic nitrogens is 2. The molecule has 0 radical (unpaired) electrons. The summed E-state index contributed by atoms with van der Waals surface area (Å²) in [4.78, 5) is 15.9. The molecule has 0 aliphatic heterocycles. The van der Waals surface area contributed by atoms with E-state index in [-0.39, 0.29) is 11.7 Å². The third-order valence-corrected chi connectivity index (χ3v) is 2.61. The van der Waals surface area contributed by atoms with Gasteiger partial charge in [0.1, 0.15) is 17.8 Å². The summed E-state index contributed by atoms with van der Waals surface area (Å²) in [6.07, 6.45) is 3.17. The zero-order valence-corrected chi connectivity index (χ0v) is 10.9. The van der Waals surface area contributed by atoms with Gasteiger partial charge in [-0.25, -0.2) is 9.37 Å². The van der Waals surface area contributed by atoms with Crippen molar-refractivity contribution in [2.24, 2.45) is 5.92 Å². The van der Waals surface area contributed by atoms with Crippen molar-refractivity contribution in [3.05, 3.63) is 48.3 Å². The third kappa shape index (κ3) is 3.40. The van der Waals surface area contributed by atoms with E-state index >= 15 is 0 Å². The number of imidazole rings is 1. The first-order valence-electron chi connectivity index (χ1n) is 6.14. The van der Waals surface area contributed by atoms with Crippen molar-refractivity contribution in [1.29, 1.82) is 0 Å². The van der Waals surface area contributed by atoms with Crippen molar-refractivity contribution < 1.29 is 9.18 Å². The van der Waals surface area contributed by atoms with E-state index in [0.29, 0.717) is 18.2 Å². The Morgan fingerprint density at radius 2 is 2.05 bits per heavy atom. The smallest absolute Gasteiger partial charge is 0.271 e. The maximum absolute atomic E-state index is 12.8. The number of amides is 1. The molecule has 0 atom stereocenters. The van der Waals surface area contributed by atoms with Gasteiger partial charge in [0.05, 0.1) is 0 Å². The molecule has 0 saturated heterocycles. The number of rotatable bonds is 4. The van der Waals surface area contributed by atoms with Crippen LogP contribution in [0.3, 0.4) is 0 Å². The Labute approximate surface area is 111 Å². The van der Waals surface area contributed by atoms with E-state index in [4.69, 9.17) is 0 Å². The first-order chi connectivity index (χ1) is 9.06. The summed E-state index contributed by atoms with van der Waals surface area (Å²) in [5, 5.41) is 2.80. The Balaban J connectivity index is 2.10. The second-order valence-corrected chi connectivity index (χ2v) is 4.75. The minimum Gasteiger partial charge on any atom is -0.350 e. The molecule has 0 saturated carbocycles. The van der Waals surface area contributed by atoms with Gasteiger partial charge in [0, 0.05) is 18.4 Å². The molecular formula is C14H16FN3O. The van der Waals surface area contributed by atoms with E-state index < -0.39 is 0 Å². The average Bonchev–Trinajstić information content (AvgIpc) is 2.86. The third-order valence-electron chi connectivity index (χ3n) is 2.61. The molecule has 0 aliphatic rings. The SMILES string of the molecule is CC(C)CNC(=O)c1cn(-c2ccc(F)cc2)cn1. The Kier molecular flexibility index (Phi) is 3.94. The highest BCUT2D eigenvalue weighted by Crippen LogP contribution is 2.09. The van der Waals surface area contributed by atoms with Crippen LogP contribution < -0.4 is 5.32 Å². The van der Waals surface area contributed by atoms with Gasteiger partial charge in [-0.05, 0) is 30.2 Å². The molecule has 1 amide bonds. The highest BCUT2D eigenvalue weighted by Gasteiger charge is 2.10. The fourth-order valence-corrected chi connectivity index (χ4v) is 1.58. The van der Waals surface area contributed by atoms with Crippen LogP contribution >= 0.6 is 0 Å². The van der Waals surface area contributed by atoms with Crippen LogP contribution in [0.2, 0.25) is 0 Å². The number of nitrogens with one attached hydrogen (secondary N) is 1. The normalized spacial score (nSPS) is 10.7. The molecule has 0 spiro atoms. The topological polar surface area (TPSA) is 46.9 Å². The fourth-order valence-electron chi connectivity index (χ4n) is 1.58. The molecule has 1 aromatic heterocycles. The summed E-state index contributed by atoms with van der Waals surface area (Å²) in [7, 11) is 0. The minimum atomic E-state index is -0.293. The second-order valence-electron chi connectivity index (χ2n) is 4.75. The maximum atomic E-state index is 12.8. The van der Waals surface area contributed by atoms with E-state index in [0.717, 1.165) is 5.69 Å². The summed E-state index contributed by atoms with van der Waals surface area (Å²) in [5.41, 5.74) is 1.11. The summed E-state index contributed by atoms with van der Waals surface area (Å²) >= 11 is 0. The number of hydrogen-bond donors (Lipinski definition) is 1. The molecule has 0 unspecified atom stereocenters. The number of benzene rings is 1. The molecular weight excluding hydrogens is 245 g/mol. The van der Waals surface area contributed by atoms with E-state index in [9.17, 15) is 9.18 Å². The van der Waals surface area contributed by atoms with Gasteiger partial charge in [0.15, 0.2) is 0 Å². The maximum Gasteiger partial charge on any atom is 0.271 e. The van der Waals surface area contributed by atoms with Crippen LogP contribution in [0.15, 0.2) is 36.8 Å². The molecule has 1 aromatic carbocycles. The van der Waals surface area contributed by atoms with Crippen LogP contribution in [0.4, 0.5) is 4.39 Å². The van der Waals surface area contributed by atoms with E-state index in [2.05, 4.69) is 10.3 Å². The van der Waals surface area contributed by atoms with Gasteiger partial charge < -0.3 is 9.88 Å². The predicted molar refractivity (Wildman–Crippen MR) is 70.7 cm³/mol. The highest BCUT2D eigenvalue weighted by molar-refractivity contribution is 5.92. The Bertz CT molecular complexity index is 560. The minimum absolute atomic E-state index is 0.199. The van der Waals surface area contributed by atoms with Crippen molar-refractivity contribution in [2.45, 2.75) is 13.8 Å². The van der Waals surface area contributed by atoms with Gasteiger partial charge in [-0.3, -0.25) is 4.79 Å². The monoisotopic (exact) mass is 261 g/mol. The predicted octanol–water partition coefficient (Wildman–Crippen LogP) is 2.40. The largest absolute Gasteiger partial charge is 0.350 e. The van der Waals surface area contributed by atoms with Crippen molar-refractivity contribution in [1.82, 2.24) is 14.9 Å². The Hall–Kier alpha value is -2.17. The van der Waals surface area contributed by atoms with E-state index in [1.165, 1.54) is 18.5 Å². The zero-order valence-electron chi connectivity index (χ0n) is 10.9. The second kappa shape index (κ2) is 5.65. The lowest BCUT2D eigenvalue weighted by molar-refractivity contribution is 0.0944. The van der Waals surface area contributed by atoms with Crippen molar-refractivity contribution in [3.8, 4) is 5.69 Å². The first kappa shape index (κ1) is 13.3. The molecule has 2 rings (SSSR count). The Morgan fingerprint density at radius 3 is 2.68 bits per heavy atom. The molecule has 100 valence electrons. The van der Waals surface area contributed by atoms with Crippen molar-refractivity contribution >= 4 is 5.91 Å². The lowest BCUT2D eigenvalue weighted by atomic mass is 10.2. The van der Waals surface area contributed by atoms with Gasteiger partial charge in [-0.1, -0.05) is 13.8 Å². The summed E-state index contributed by atoms with van der Waals surface area (Å²) in [6, 6.07) is 6.00. The van der Waals surface area contributed by atoms with Gasteiger partial charge in [0.25, 0.3) is 5.91 Å². The standard InChI is InChI=1S/C14H16FN3O/c1-10(2)7-16-14(19)13-8-18(9-17-13)12-5-3-11(15)4-6-12/h3-6,8-10H,7H2,1-2H3,(H,16,19). The number of nitrogens with zero attached hydrogens (tertiary/aromatic N) is 2. The molecule has 0 bridgehead atoms. The van der Waals surface area contributed by atoms with Crippen molar-refractivity contribution in [3.63, 3.8) is 0 Å². The lowest BCUT2D eigenvalue weighted by Gasteiger charge is -2.05. The summed E-state index contributed by atoms with van der Waals surface area (Å²) < 4.78 is 14.5. The van der Waals surface area contributed by atoms with Gasteiger partial charge in [0.2, 0.25) is 0 Å². The Morgan fingerprint density at radius 1 is 1.37 bits per heavy atom. The van der Waals surface area contributed by atoms with E-state index in [1.807, 2.05) is 13.8 Å². The van der Waals surface area contributed by atoms with Crippen LogP contribution in [0.1, 0.15) is 24.3 Å². The van der Waals surface area contributed by atoms with Crippen molar-refractivity contribution in [2.75, 3.05) is 6.54 Å². The molecule has 0 aliphatic carbocycles. The summed E-state index contributed by atoms with van der Waals surface area (Å²) in [5.74, 6) is -0.100. The molecule has 2 aromatic rings. The van der Waals surface area contributed by atoms with Crippen LogP contribution in [-0.4, -0.2) is 22.0 Å². The molecule has 5 heteroatoms. The van der Waals surface area contributed by atoms with Crippen LogP contribution in [-0.2, 0) is 0 Å². The first-order valence-corrected chi connectivity index (χ1v) is 6.14. The van der Waals surface area contributed by atoms with Crippen LogP contribution in [0, 0.1) is 11.7 Å². The van der Waals surface area contributed by atoms with Crippen LogP contribution in [0.5, 0.6) is 0 Å². The summed E-state index contributed by atoms with van der Waals surface area (Å²) in [6.45, 7) is 4.66. The van der Waals surface area contributed by atoms with E-state index in [1.54, 1.807) is 22.9 Å². The zero-order chi connectivity index (χ0) is 13.8.